The van der Waals surface area contributed by atoms with Gasteiger partial charge in [0, 0.05) is 20.1 Å². The van der Waals surface area contributed by atoms with Gasteiger partial charge in [-0.15, -0.1) is 0 Å². The van der Waals surface area contributed by atoms with Gasteiger partial charge < -0.3 is 10.0 Å². The SMILES string of the molecule is CCCC1(C(=O)O)CCCN(C(=O)Nc2ncnn2C)C1. The maximum atomic E-state index is 12.3. The minimum atomic E-state index is -0.829. The Morgan fingerprint density at radius 3 is 2.86 bits per heavy atom. The van der Waals surface area contributed by atoms with Gasteiger partial charge >= 0.3 is 12.0 Å². The number of carbonyl (C=O) groups is 2. The number of anilines is 1. The minimum absolute atomic E-state index is 0.236. The highest BCUT2D eigenvalue weighted by Crippen LogP contribution is 2.35. The van der Waals surface area contributed by atoms with Gasteiger partial charge in [0.2, 0.25) is 5.95 Å². The molecule has 1 fully saturated rings. The van der Waals surface area contributed by atoms with Gasteiger partial charge in [-0.3, -0.25) is 10.1 Å². The molecule has 2 N–H and O–H groups in total. The second-order valence-corrected chi connectivity index (χ2v) is 5.50. The molecule has 0 aliphatic carbocycles. The molecule has 0 saturated carbocycles. The molecular weight excluding hydrogens is 274 g/mol. The van der Waals surface area contributed by atoms with E-state index in [9.17, 15) is 14.7 Å². The molecule has 2 rings (SSSR count). The number of carbonyl (C=O) groups excluding carboxylic acids is 1. The predicted octanol–water partition coefficient (Wildman–Crippen LogP) is 1.31. The number of rotatable bonds is 4. The van der Waals surface area contributed by atoms with Crippen molar-refractivity contribution in [1.82, 2.24) is 19.7 Å². The first-order valence-electron chi connectivity index (χ1n) is 7.12. The number of hydrogen-bond donors (Lipinski definition) is 2. The monoisotopic (exact) mass is 295 g/mol. The summed E-state index contributed by atoms with van der Waals surface area (Å²) in [6.45, 7) is 2.76. The Bertz CT molecular complexity index is 526. The lowest BCUT2D eigenvalue weighted by molar-refractivity contribution is -0.152. The smallest absolute Gasteiger partial charge is 0.324 e. The van der Waals surface area contributed by atoms with Gasteiger partial charge in [-0.1, -0.05) is 13.3 Å². The summed E-state index contributed by atoms with van der Waals surface area (Å²) in [6, 6.07) is -0.326. The summed E-state index contributed by atoms with van der Waals surface area (Å²) < 4.78 is 1.46. The molecule has 0 aromatic carbocycles. The number of nitrogens with one attached hydrogen (secondary N) is 1. The average Bonchev–Trinajstić information content (AvgIpc) is 2.84. The fourth-order valence-corrected chi connectivity index (χ4v) is 2.85. The van der Waals surface area contributed by atoms with Crippen molar-refractivity contribution in [3.8, 4) is 0 Å². The Balaban J connectivity index is 2.08. The van der Waals surface area contributed by atoms with Crippen LogP contribution in [0.2, 0.25) is 0 Å². The Labute approximate surface area is 123 Å². The van der Waals surface area contributed by atoms with E-state index in [1.165, 1.54) is 11.0 Å². The molecule has 2 amide bonds. The molecular formula is C13H21N5O3. The summed E-state index contributed by atoms with van der Waals surface area (Å²) in [5.41, 5.74) is -0.829. The molecule has 21 heavy (non-hydrogen) atoms. The van der Waals surface area contributed by atoms with Crippen LogP contribution < -0.4 is 5.32 Å². The minimum Gasteiger partial charge on any atom is -0.481 e. The third-order valence-corrected chi connectivity index (χ3v) is 3.98. The van der Waals surface area contributed by atoms with Crippen molar-refractivity contribution >= 4 is 17.9 Å². The number of hydrogen-bond acceptors (Lipinski definition) is 4. The van der Waals surface area contributed by atoms with E-state index in [0.29, 0.717) is 31.8 Å². The lowest BCUT2D eigenvalue weighted by atomic mass is 9.76. The zero-order valence-electron chi connectivity index (χ0n) is 12.4. The van der Waals surface area contributed by atoms with Gasteiger partial charge in [-0.25, -0.2) is 9.48 Å². The van der Waals surface area contributed by atoms with Crippen LogP contribution in [0.25, 0.3) is 0 Å². The molecule has 1 aliphatic rings. The molecule has 0 spiro atoms. The number of aryl methyl sites for hydroxylation is 1. The molecule has 1 aliphatic heterocycles. The number of likely N-dealkylation sites (tertiary alicyclic amines) is 1. The summed E-state index contributed by atoms with van der Waals surface area (Å²) in [5, 5.41) is 16.1. The molecule has 8 heteroatoms. The maximum absolute atomic E-state index is 12.3. The second-order valence-electron chi connectivity index (χ2n) is 5.50. The molecule has 1 unspecified atom stereocenters. The zero-order chi connectivity index (χ0) is 15.5. The molecule has 1 aromatic heterocycles. The van der Waals surface area contributed by atoms with Crippen molar-refractivity contribution in [2.45, 2.75) is 32.6 Å². The molecule has 1 saturated heterocycles. The predicted molar refractivity (Wildman–Crippen MR) is 75.8 cm³/mol. The van der Waals surface area contributed by atoms with Crippen LogP contribution in [0, 0.1) is 5.41 Å². The van der Waals surface area contributed by atoms with Crippen molar-refractivity contribution < 1.29 is 14.7 Å². The van der Waals surface area contributed by atoms with Crippen molar-refractivity contribution in [2.24, 2.45) is 12.5 Å². The number of aliphatic carboxylic acids is 1. The van der Waals surface area contributed by atoms with Crippen LogP contribution in [0.4, 0.5) is 10.7 Å². The lowest BCUT2D eigenvalue weighted by Gasteiger charge is -2.39. The van der Waals surface area contributed by atoms with Gasteiger partial charge in [-0.2, -0.15) is 10.1 Å². The van der Waals surface area contributed by atoms with Gasteiger partial charge in [0.05, 0.1) is 5.41 Å². The molecule has 1 aromatic rings. The van der Waals surface area contributed by atoms with E-state index in [4.69, 9.17) is 0 Å². The molecule has 8 nitrogen and oxygen atoms in total. The third kappa shape index (κ3) is 3.14. The van der Waals surface area contributed by atoms with Crippen LogP contribution in [0.15, 0.2) is 6.33 Å². The van der Waals surface area contributed by atoms with Gasteiger partial charge in [0.25, 0.3) is 0 Å². The van der Waals surface area contributed by atoms with Crippen LogP contribution in [-0.2, 0) is 11.8 Å². The molecule has 0 radical (unpaired) electrons. The standard InChI is InChI=1S/C13H21N5O3/c1-3-5-13(10(19)20)6-4-7-18(8-13)12(21)16-11-14-9-15-17(11)2/h9H,3-8H2,1-2H3,(H,19,20)(H,14,15,16,21). The fraction of sp³-hybridized carbons (Fsp3) is 0.692. The van der Waals surface area contributed by atoms with Gasteiger partial charge in [0.15, 0.2) is 0 Å². The fourth-order valence-electron chi connectivity index (χ4n) is 2.85. The number of aromatic nitrogens is 3. The van der Waals surface area contributed by atoms with E-state index in [1.54, 1.807) is 11.9 Å². The quantitative estimate of drug-likeness (QED) is 0.872. The first-order valence-corrected chi connectivity index (χ1v) is 7.12. The summed E-state index contributed by atoms with van der Waals surface area (Å²) in [4.78, 5) is 29.4. The number of amides is 2. The number of carboxylic acid groups (broad SMARTS) is 1. The first kappa shape index (κ1) is 15.3. The molecule has 0 bridgehead atoms. The second kappa shape index (κ2) is 6.11. The average molecular weight is 295 g/mol. The molecule has 116 valence electrons. The van der Waals surface area contributed by atoms with E-state index in [1.807, 2.05) is 6.92 Å². The lowest BCUT2D eigenvalue weighted by Crippen LogP contribution is -2.51. The van der Waals surface area contributed by atoms with Crippen LogP contribution in [0.5, 0.6) is 0 Å². The van der Waals surface area contributed by atoms with Crippen LogP contribution >= 0.6 is 0 Å². The summed E-state index contributed by atoms with van der Waals surface area (Å²) in [7, 11) is 1.68. The molecule has 2 heterocycles. The summed E-state index contributed by atoms with van der Waals surface area (Å²) in [5.74, 6) is -0.470. The number of carboxylic acids is 1. The largest absolute Gasteiger partial charge is 0.481 e. The Morgan fingerprint density at radius 2 is 2.29 bits per heavy atom. The highest BCUT2D eigenvalue weighted by atomic mass is 16.4. The number of nitrogens with zero attached hydrogens (tertiary/aromatic N) is 4. The zero-order valence-corrected chi connectivity index (χ0v) is 12.4. The normalized spacial score (nSPS) is 22.1. The number of piperidine rings is 1. The Morgan fingerprint density at radius 1 is 1.52 bits per heavy atom. The van der Waals surface area contributed by atoms with E-state index >= 15 is 0 Å². The van der Waals surface area contributed by atoms with Crippen LogP contribution in [0.3, 0.4) is 0 Å². The summed E-state index contributed by atoms with van der Waals surface area (Å²) in [6.07, 6.45) is 4.02. The van der Waals surface area contributed by atoms with E-state index in [-0.39, 0.29) is 12.6 Å². The van der Waals surface area contributed by atoms with Gasteiger partial charge in [-0.05, 0) is 19.3 Å². The van der Waals surface area contributed by atoms with Crippen LogP contribution in [-0.4, -0.2) is 49.9 Å². The van der Waals surface area contributed by atoms with Crippen molar-refractivity contribution in [2.75, 3.05) is 18.4 Å². The van der Waals surface area contributed by atoms with Crippen molar-refractivity contribution in [1.29, 1.82) is 0 Å². The van der Waals surface area contributed by atoms with E-state index < -0.39 is 11.4 Å². The Hall–Kier alpha value is -2.12. The van der Waals surface area contributed by atoms with Crippen molar-refractivity contribution in [3.05, 3.63) is 6.33 Å². The van der Waals surface area contributed by atoms with E-state index in [2.05, 4.69) is 15.4 Å². The third-order valence-electron chi connectivity index (χ3n) is 3.98. The summed E-state index contributed by atoms with van der Waals surface area (Å²) >= 11 is 0. The van der Waals surface area contributed by atoms with Crippen LogP contribution in [0.1, 0.15) is 32.6 Å². The maximum Gasteiger partial charge on any atom is 0.324 e. The highest BCUT2D eigenvalue weighted by molar-refractivity contribution is 5.88. The first-order chi connectivity index (χ1) is 9.98. The molecule has 1 atom stereocenters. The Kier molecular flexibility index (Phi) is 4.44. The number of urea groups is 1. The topological polar surface area (TPSA) is 100 Å². The van der Waals surface area contributed by atoms with Crippen molar-refractivity contribution in [3.63, 3.8) is 0 Å². The highest BCUT2D eigenvalue weighted by Gasteiger charge is 2.42. The van der Waals surface area contributed by atoms with E-state index in [0.717, 1.165) is 6.42 Å². The van der Waals surface area contributed by atoms with Gasteiger partial charge in [0.1, 0.15) is 6.33 Å².